The van der Waals surface area contributed by atoms with Crippen LogP contribution in [0, 0.1) is 0 Å². The average Bonchev–Trinajstić information content (AvgIpc) is 2.95. The first-order valence-corrected chi connectivity index (χ1v) is 13.2. The Morgan fingerprint density at radius 1 is 0.868 bits per heavy atom. The summed E-state index contributed by atoms with van der Waals surface area (Å²) < 4.78 is 15.9. The topological polar surface area (TPSA) is 121 Å². The van der Waals surface area contributed by atoms with E-state index in [2.05, 4.69) is 29.5 Å². The number of pyridine rings is 2. The summed E-state index contributed by atoms with van der Waals surface area (Å²) in [5.41, 5.74) is 3.12. The molecule has 3 rings (SSSR count). The van der Waals surface area contributed by atoms with Gasteiger partial charge in [0, 0.05) is 49.9 Å². The Hall–Kier alpha value is -2.90. The maximum Gasteiger partial charge on any atom is 0.222 e. The van der Waals surface area contributed by atoms with Gasteiger partial charge in [-0.15, -0.1) is 9.32 Å². The molecule has 11 heteroatoms. The van der Waals surface area contributed by atoms with Crippen LogP contribution in [-0.2, 0) is 43.1 Å². The number of rotatable bonds is 19. The Balaban J connectivity index is 1.22. The SMILES string of the molecule is NOOSc1ccc(CCNC(=O)CCOCCOCCN(Cc2ccccn2)Cc2ccccn2)cc1. The molecule has 0 aliphatic heterocycles. The lowest BCUT2D eigenvalue weighted by molar-refractivity contribution is -0.195. The van der Waals surface area contributed by atoms with Crippen molar-refractivity contribution < 1.29 is 23.6 Å². The second kappa shape index (κ2) is 18.4. The van der Waals surface area contributed by atoms with Crippen LogP contribution < -0.4 is 11.2 Å². The number of hydrogen-bond acceptors (Lipinski definition) is 10. The summed E-state index contributed by atoms with van der Waals surface area (Å²) in [6.07, 6.45) is 4.65. The number of ether oxygens (including phenoxy) is 2. The van der Waals surface area contributed by atoms with E-state index < -0.39 is 0 Å². The van der Waals surface area contributed by atoms with Gasteiger partial charge in [0.05, 0.1) is 49.9 Å². The van der Waals surface area contributed by atoms with E-state index in [9.17, 15) is 4.79 Å². The second-order valence-electron chi connectivity index (χ2n) is 8.32. The lowest BCUT2D eigenvalue weighted by Crippen LogP contribution is -2.28. The van der Waals surface area contributed by atoms with Crippen LogP contribution in [-0.4, -0.2) is 60.3 Å². The van der Waals surface area contributed by atoms with Crippen LogP contribution in [0.25, 0.3) is 0 Å². The predicted molar refractivity (Wildman–Crippen MR) is 144 cm³/mol. The van der Waals surface area contributed by atoms with E-state index >= 15 is 0 Å². The summed E-state index contributed by atoms with van der Waals surface area (Å²) in [6.45, 7) is 4.58. The molecule has 0 atom stereocenters. The zero-order valence-corrected chi connectivity index (χ0v) is 22.2. The Labute approximate surface area is 227 Å². The molecule has 0 spiro atoms. The summed E-state index contributed by atoms with van der Waals surface area (Å²) in [4.78, 5) is 28.1. The second-order valence-corrected chi connectivity index (χ2v) is 9.09. The van der Waals surface area contributed by atoms with Gasteiger partial charge in [0.25, 0.3) is 0 Å². The number of benzene rings is 1. The molecule has 2 heterocycles. The highest BCUT2D eigenvalue weighted by atomic mass is 32.2. The first-order chi connectivity index (χ1) is 18.7. The van der Waals surface area contributed by atoms with Gasteiger partial charge in [0.1, 0.15) is 0 Å². The summed E-state index contributed by atoms with van der Waals surface area (Å²) in [6, 6.07) is 19.6. The number of nitrogens with one attached hydrogen (secondary N) is 1. The molecule has 1 aromatic carbocycles. The van der Waals surface area contributed by atoms with Gasteiger partial charge < -0.3 is 14.8 Å². The summed E-state index contributed by atoms with van der Waals surface area (Å²) in [5, 5.41) is 2.91. The van der Waals surface area contributed by atoms with Crippen LogP contribution in [0.4, 0.5) is 0 Å². The van der Waals surface area contributed by atoms with Crippen molar-refractivity contribution in [1.82, 2.24) is 20.2 Å². The minimum absolute atomic E-state index is 0.0359. The van der Waals surface area contributed by atoms with E-state index in [1.165, 1.54) is 0 Å². The van der Waals surface area contributed by atoms with Gasteiger partial charge in [-0.1, -0.05) is 24.3 Å². The maximum atomic E-state index is 12.0. The number of carbonyl (C=O) groups is 1. The van der Waals surface area contributed by atoms with Gasteiger partial charge in [-0.2, -0.15) is 5.90 Å². The van der Waals surface area contributed by atoms with Crippen molar-refractivity contribution in [3.8, 4) is 0 Å². The standard InChI is InChI=1S/C27H35N5O5S/c28-36-37-38-26-9-7-23(8-10-26)11-15-31-27(33)12-17-34-19-20-35-18-16-32(21-24-5-1-3-13-29-24)22-25-6-2-4-14-30-25/h1-10,13-14H,11-12,15-22,28H2,(H,31,33). The molecule has 204 valence electrons. The molecule has 0 fully saturated rings. The number of hydrogen-bond donors (Lipinski definition) is 2. The number of aromatic nitrogens is 2. The molecule has 38 heavy (non-hydrogen) atoms. The van der Waals surface area contributed by atoms with Crippen LogP contribution in [0.1, 0.15) is 23.4 Å². The highest BCUT2D eigenvalue weighted by Gasteiger charge is 2.09. The minimum Gasteiger partial charge on any atom is -0.379 e. The zero-order chi connectivity index (χ0) is 26.7. The van der Waals surface area contributed by atoms with Gasteiger partial charge in [-0.3, -0.25) is 19.7 Å². The Morgan fingerprint density at radius 2 is 1.53 bits per heavy atom. The summed E-state index contributed by atoms with van der Waals surface area (Å²) in [5.74, 6) is 4.79. The number of carbonyl (C=O) groups excluding carboxylic acids is 1. The van der Waals surface area contributed by atoms with Gasteiger partial charge >= 0.3 is 0 Å². The van der Waals surface area contributed by atoms with Crippen molar-refractivity contribution in [3.05, 3.63) is 90.0 Å². The molecule has 3 aromatic rings. The van der Waals surface area contributed by atoms with E-state index in [-0.39, 0.29) is 5.91 Å². The first kappa shape index (κ1) is 29.7. The quantitative estimate of drug-likeness (QED) is 0.101. The molecule has 0 saturated carbocycles. The van der Waals surface area contributed by atoms with Gasteiger partial charge in [0.2, 0.25) is 5.91 Å². The maximum absolute atomic E-state index is 12.0. The van der Waals surface area contributed by atoms with Crippen LogP contribution in [0.15, 0.2) is 78.0 Å². The molecule has 0 radical (unpaired) electrons. The van der Waals surface area contributed by atoms with Crippen LogP contribution in [0.2, 0.25) is 0 Å². The number of nitrogens with two attached hydrogens (primary N) is 1. The van der Waals surface area contributed by atoms with E-state index in [1.54, 1.807) is 12.4 Å². The average molecular weight is 542 g/mol. The fourth-order valence-electron chi connectivity index (χ4n) is 3.54. The van der Waals surface area contributed by atoms with Crippen molar-refractivity contribution >= 4 is 17.9 Å². The normalized spacial score (nSPS) is 11.1. The van der Waals surface area contributed by atoms with E-state index in [1.807, 2.05) is 60.7 Å². The van der Waals surface area contributed by atoms with Gasteiger partial charge in [-0.25, -0.2) is 0 Å². The molecule has 0 unspecified atom stereocenters. The molecule has 10 nitrogen and oxygen atoms in total. The van der Waals surface area contributed by atoms with E-state index in [4.69, 9.17) is 15.4 Å². The van der Waals surface area contributed by atoms with Crippen molar-refractivity contribution in [2.75, 3.05) is 39.5 Å². The van der Waals surface area contributed by atoms with Crippen molar-refractivity contribution in [3.63, 3.8) is 0 Å². The van der Waals surface area contributed by atoms with Crippen LogP contribution in [0.5, 0.6) is 0 Å². The molecule has 0 aliphatic rings. The van der Waals surface area contributed by atoms with Crippen molar-refractivity contribution in [2.45, 2.75) is 30.8 Å². The van der Waals surface area contributed by atoms with Gasteiger partial charge in [-0.05, 0) is 48.4 Å². The number of nitrogens with zero attached hydrogens (tertiary/aromatic N) is 3. The van der Waals surface area contributed by atoms with Crippen molar-refractivity contribution in [2.24, 2.45) is 5.90 Å². The zero-order valence-electron chi connectivity index (χ0n) is 21.4. The molecule has 0 bridgehead atoms. The van der Waals surface area contributed by atoms with Crippen molar-refractivity contribution in [1.29, 1.82) is 0 Å². The van der Waals surface area contributed by atoms with Crippen LogP contribution >= 0.6 is 12.0 Å². The van der Waals surface area contributed by atoms with E-state index in [0.29, 0.717) is 39.4 Å². The van der Waals surface area contributed by atoms with Gasteiger partial charge in [0.15, 0.2) is 0 Å². The molecule has 1 amide bonds. The van der Waals surface area contributed by atoms with Crippen LogP contribution in [0.3, 0.4) is 0 Å². The molecule has 3 N–H and O–H groups in total. The molecule has 2 aromatic heterocycles. The first-order valence-electron chi connectivity index (χ1n) is 12.5. The van der Waals surface area contributed by atoms with E-state index in [0.717, 1.165) is 59.9 Å². The summed E-state index contributed by atoms with van der Waals surface area (Å²) >= 11 is 1.03. The Kier molecular flexibility index (Phi) is 14.3. The smallest absolute Gasteiger partial charge is 0.222 e. The lowest BCUT2D eigenvalue weighted by atomic mass is 10.1. The fraction of sp³-hybridized carbons (Fsp3) is 0.370. The summed E-state index contributed by atoms with van der Waals surface area (Å²) in [7, 11) is 0. The highest BCUT2D eigenvalue weighted by Crippen LogP contribution is 2.19. The Morgan fingerprint density at radius 3 is 2.13 bits per heavy atom. The fourth-order valence-corrected chi connectivity index (χ4v) is 3.91. The largest absolute Gasteiger partial charge is 0.379 e. The highest BCUT2D eigenvalue weighted by molar-refractivity contribution is 7.94. The Bertz CT molecular complexity index is 990. The monoisotopic (exact) mass is 541 g/mol. The number of amides is 1. The predicted octanol–water partition coefficient (Wildman–Crippen LogP) is 3.09. The molecular formula is C27H35N5O5S. The lowest BCUT2D eigenvalue weighted by Gasteiger charge is -2.21. The molecule has 0 saturated heterocycles. The molecular weight excluding hydrogens is 506 g/mol. The third-order valence-electron chi connectivity index (χ3n) is 5.45. The third-order valence-corrected chi connectivity index (χ3v) is 6.06. The molecule has 0 aliphatic carbocycles. The third kappa shape index (κ3) is 12.6. The minimum atomic E-state index is -0.0359.